The van der Waals surface area contributed by atoms with E-state index in [1.54, 1.807) is 45.0 Å². The first-order valence-corrected chi connectivity index (χ1v) is 5.20. The third kappa shape index (κ3) is 2.82. The molecule has 1 atom stereocenters. The van der Waals surface area contributed by atoms with Crippen LogP contribution in [-0.2, 0) is 6.42 Å². The van der Waals surface area contributed by atoms with Gasteiger partial charge in [-0.2, -0.15) is 5.26 Å². The summed E-state index contributed by atoms with van der Waals surface area (Å²) in [5.41, 5.74) is -0.875. The fourth-order valence-corrected chi connectivity index (χ4v) is 1.31. The molecule has 1 aromatic rings. The van der Waals surface area contributed by atoms with Crippen LogP contribution in [-0.4, -0.2) is 21.4 Å². The van der Waals surface area contributed by atoms with Gasteiger partial charge in [0.2, 0.25) is 0 Å². The van der Waals surface area contributed by atoms with E-state index >= 15 is 0 Å². The molecule has 0 heterocycles. The minimum atomic E-state index is -1.19. The topological polar surface area (TPSA) is 64.2 Å². The van der Waals surface area contributed by atoms with Crippen LogP contribution in [0.15, 0.2) is 24.3 Å². The highest BCUT2D eigenvalue weighted by atomic mass is 16.3. The van der Waals surface area contributed by atoms with Crippen LogP contribution in [0.4, 0.5) is 0 Å². The lowest BCUT2D eigenvalue weighted by molar-refractivity contribution is -0.118. The van der Waals surface area contributed by atoms with E-state index in [0.717, 1.165) is 5.56 Å². The molecule has 86 valence electrons. The summed E-state index contributed by atoms with van der Waals surface area (Å²) in [7, 11) is 0. The van der Waals surface area contributed by atoms with Crippen molar-refractivity contribution in [2.45, 2.75) is 38.4 Å². The van der Waals surface area contributed by atoms with Crippen molar-refractivity contribution in [2.75, 3.05) is 0 Å². The van der Waals surface area contributed by atoms with E-state index in [1.165, 1.54) is 0 Å². The van der Waals surface area contributed by atoms with Gasteiger partial charge >= 0.3 is 0 Å². The number of hydrogen-bond donors (Lipinski definition) is 2. The van der Waals surface area contributed by atoms with Crippen molar-refractivity contribution in [3.05, 3.63) is 35.4 Å². The third-order valence-electron chi connectivity index (χ3n) is 2.95. The summed E-state index contributed by atoms with van der Waals surface area (Å²) in [5.74, 6) is 0. The number of nitrogens with zero attached hydrogens (tertiary/aromatic N) is 1. The molecule has 0 saturated carbocycles. The molecule has 0 spiro atoms. The molecule has 0 amide bonds. The van der Waals surface area contributed by atoms with Crippen LogP contribution in [0.3, 0.4) is 0 Å². The van der Waals surface area contributed by atoms with Gasteiger partial charge in [-0.15, -0.1) is 0 Å². The second-order valence-electron chi connectivity index (χ2n) is 4.82. The summed E-state index contributed by atoms with van der Waals surface area (Å²) >= 11 is 0. The molecule has 0 fully saturated rings. The largest absolute Gasteiger partial charge is 0.387 e. The van der Waals surface area contributed by atoms with E-state index < -0.39 is 11.2 Å². The zero-order valence-electron chi connectivity index (χ0n) is 9.86. The third-order valence-corrected chi connectivity index (χ3v) is 2.95. The first-order chi connectivity index (χ1) is 7.26. The Morgan fingerprint density at radius 3 is 2.00 bits per heavy atom. The van der Waals surface area contributed by atoms with E-state index in [2.05, 4.69) is 0 Å². The Labute approximate surface area is 96.0 Å². The van der Waals surface area contributed by atoms with Crippen molar-refractivity contribution in [1.29, 1.82) is 5.26 Å². The Hall–Kier alpha value is -1.37. The van der Waals surface area contributed by atoms with E-state index in [-0.39, 0.29) is 0 Å². The highest BCUT2D eigenvalue weighted by Gasteiger charge is 2.37. The second kappa shape index (κ2) is 4.25. The lowest BCUT2D eigenvalue weighted by Crippen LogP contribution is -2.49. The van der Waals surface area contributed by atoms with Gasteiger partial charge in [0, 0.05) is 6.42 Å². The van der Waals surface area contributed by atoms with Crippen LogP contribution in [0.2, 0.25) is 0 Å². The van der Waals surface area contributed by atoms with Gasteiger partial charge in [0.1, 0.15) is 0 Å². The van der Waals surface area contributed by atoms with E-state index in [0.29, 0.717) is 12.0 Å². The molecule has 0 saturated heterocycles. The van der Waals surface area contributed by atoms with Crippen LogP contribution >= 0.6 is 0 Å². The number of rotatable bonds is 3. The van der Waals surface area contributed by atoms with Gasteiger partial charge in [-0.25, -0.2) is 0 Å². The average Bonchev–Trinajstić information content (AvgIpc) is 2.16. The zero-order valence-corrected chi connectivity index (χ0v) is 9.86. The van der Waals surface area contributed by atoms with Crippen LogP contribution in [0.1, 0.15) is 31.9 Å². The van der Waals surface area contributed by atoms with Crippen molar-refractivity contribution in [2.24, 2.45) is 0 Å². The van der Waals surface area contributed by atoms with Gasteiger partial charge in [-0.3, -0.25) is 0 Å². The van der Waals surface area contributed by atoms with Crippen LogP contribution in [0.5, 0.6) is 0 Å². The summed E-state index contributed by atoms with van der Waals surface area (Å²) < 4.78 is 0. The van der Waals surface area contributed by atoms with E-state index in [4.69, 9.17) is 5.26 Å². The maximum atomic E-state index is 10.1. The molecule has 1 aromatic carbocycles. The summed E-state index contributed by atoms with van der Waals surface area (Å²) in [5, 5.41) is 28.6. The Morgan fingerprint density at radius 2 is 1.62 bits per heavy atom. The van der Waals surface area contributed by atoms with Gasteiger partial charge in [0.05, 0.1) is 22.8 Å². The molecule has 3 nitrogen and oxygen atoms in total. The summed E-state index contributed by atoms with van der Waals surface area (Å²) in [4.78, 5) is 0. The van der Waals surface area contributed by atoms with Crippen molar-refractivity contribution in [3.8, 4) is 6.07 Å². The molecule has 16 heavy (non-hydrogen) atoms. The first-order valence-electron chi connectivity index (χ1n) is 5.20. The standard InChI is InChI=1S/C13H17NO2/c1-12(2,15)13(3,16)8-10-4-6-11(9-14)7-5-10/h4-7,15-16H,8H2,1-3H3. The Bertz CT molecular complexity index is 393. The Balaban J connectivity index is 2.85. The average molecular weight is 219 g/mol. The molecule has 0 aliphatic rings. The van der Waals surface area contributed by atoms with Gasteiger partial charge in [-0.1, -0.05) is 12.1 Å². The molecule has 0 aliphatic carbocycles. The first kappa shape index (κ1) is 12.7. The summed E-state index contributed by atoms with van der Waals surface area (Å²) in [6.45, 7) is 4.76. The molecule has 0 aromatic heterocycles. The molecule has 2 N–H and O–H groups in total. The minimum Gasteiger partial charge on any atom is -0.387 e. The second-order valence-corrected chi connectivity index (χ2v) is 4.82. The number of benzene rings is 1. The predicted molar refractivity (Wildman–Crippen MR) is 61.8 cm³/mol. The zero-order chi connectivity index (χ0) is 12.4. The highest BCUT2D eigenvalue weighted by molar-refractivity contribution is 5.32. The molecule has 0 aliphatic heterocycles. The molecule has 0 bridgehead atoms. The van der Waals surface area contributed by atoms with Crippen molar-refractivity contribution >= 4 is 0 Å². The van der Waals surface area contributed by atoms with Gasteiger partial charge < -0.3 is 10.2 Å². The monoisotopic (exact) mass is 219 g/mol. The SMILES string of the molecule is CC(C)(O)C(C)(O)Cc1ccc(C#N)cc1. The quantitative estimate of drug-likeness (QED) is 0.812. The van der Waals surface area contributed by atoms with Crippen LogP contribution < -0.4 is 0 Å². The fraction of sp³-hybridized carbons (Fsp3) is 0.462. The summed E-state index contributed by atoms with van der Waals surface area (Å²) in [6.07, 6.45) is 0.349. The Morgan fingerprint density at radius 1 is 1.12 bits per heavy atom. The number of hydrogen-bond acceptors (Lipinski definition) is 3. The number of nitriles is 1. The molecule has 1 rings (SSSR count). The molecular formula is C13H17NO2. The summed E-state index contributed by atoms with van der Waals surface area (Å²) in [6, 6.07) is 9.02. The van der Waals surface area contributed by atoms with Gasteiger partial charge in [0.15, 0.2) is 0 Å². The lowest BCUT2D eigenvalue weighted by Gasteiger charge is -2.35. The minimum absolute atomic E-state index is 0.349. The maximum Gasteiger partial charge on any atom is 0.0991 e. The van der Waals surface area contributed by atoms with E-state index in [1.807, 2.05) is 6.07 Å². The van der Waals surface area contributed by atoms with E-state index in [9.17, 15) is 10.2 Å². The highest BCUT2D eigenvalue weighted by Crippen LogP contribution is 2.25. The van der Waals surface area contributed by atoms with Crippen molar-refractivity contribution in [1.82, 2.24) is 0 Å². The lowest BCUT2D eigenvalue weighted by atomic mass is 9.82. The fourth-order valence-electron chi connectivity index (χ4n) is 1.31. The van der Waals surface area contributed by atoms with Gasteiger partial charge in [-0.05, 0) is 38.5 Å². The maximum absolute atomic E-state index is 10.1. The smallest absolute Gasteiger partial charge is 0.0991 e. The van der Waals surface area contributed by atoms with Crippen molar-refractivity contribution in [3.63, 3.8) is 0 Å². The predicted octanol–water partition coefficient (Wildman–Crippen LogP) is 1.62. The normalized spacial score (nSPS) is 15.2. The van der Waals surface area contributed by atoms with Gasteiger partial charge in [0.25, 0.3) is 0 Å². The van der Waals surface area contributed by atoms with Crippen LogP contribution in [0.25, 0.3) is 0 Å². The van der Waals surface area contributed by atoms with Crippen LogP contribution in [0, 0.1) is 11.3 Å². The number of aliphatic hydroxyl groups is 2. The van der Waals surface area contributed by atoms with Crippen molar-refractivity contribution < 1.29 is 10.2 Å². The molecule has 3 heteroatoms. The molecule has 1 unspecified atom stereocenters. The molecule has 0 radical (unpaired) electrons. The Kier molecular flexibility index (Phi) is 3.37. The molecular weight excluding hydrogens is 202 g/mol.